The normalized spacial score (nSPS) is 10.9. The summed E-state index contributed by atoms with van der Waals surface area (Å²) in [5.74, 6) is 1.36. The largest absolute Gasteiger partial charge is 0.508 e. The maximum atomic E-state index is 9.84. The molecule has 0 heterocycles. The highest BCUT2D eigenvalue weighted by Gasteiger charge is 2.15. The molecule has 3 aromatic rings. The molecule has 0 amide bonds. The molecule has 4 heteroatoms. The SMILES string of the molecule is CCCCCC(=C(c1ccc(O)cc1)c1ccc(O)cc1)c1ccc(OCCN(C)C)cc1. The van der Waals surface area contributed by atoms with Gasteiger partial charge in [0.05, 0.1) is 0 Å². The van der Waals surface area contributed by atoms with Crippen LogP contribution in [0.15, 0.2) is 72.8 Å². The highest BCUT2D eigenvalue weighted by Crippen LogP contribution is 2.37. The van der Waals surface area contributed by atoms with Gasteiger partial charge in [-0.05, 0) is 91.2 Å². The van der Waals surface area contributed by atoms with Crippen molar-refractivity contribution in [2.24, 2.45) is 0 Å². The Hall–Kier alpha value is -3.24. The van der Waals surface area contributed by atoms with E-state index in [9.17, 15) is 10.2 Å². The molecule has 0 spiro atoms. The Balaban J connectivity index is 2.06. The van der Waals surface area contributed by atoms with Crippen LogP contribution in [0.3, 0.4) is 0 Å². The number of benzene rings is 3. The zero-order chi connectivity index (χ0) is 23.6. The quantitative estimate of drug-likeness (QED) is 0.259. The molecule has 0 saturated carbocycles. The Kier molecular flexibility index (Phi) is 8.96. The van der Waals surface area contributed by atoms with Gasteiger partial charge in [0.25, 0.3) is 0 Å². The lowest BCUT2D eigenvalue weighted by atomic mass is 9.87. The minimum atomic E-state index is 0.246. The number of unbranched alkanes of at least 4 members (excludes halogenated alkanes) is 2. The van der Waals surface area contributed by atoms with Gasteiger partial charge in [-0.3, -0.25) is 0 Å². The summed E-state index contributed by atoms with van der Waals surface area (Å²) in [6.07, 6.45) is 4.34. The van der Waals surface area contributed by atoms with Crippen LogP contribution in [0.1, 0.15) is 49.3 Å². The summed E-state index contributed by atoms with van der Waals surface area (Å²) in [6, 6.07) is 23.1. The molecule has 0 aliphatic rings. The zero-order valence-electron chi connectivity index (χ0n) is 19.9. The van der Waals surface area contributed by atoms with Gasteiger partial charge in [-0.25, -0.2) is 0 Å². The van der Waals surface area contributed by atoms with E-state index in [0.717, 1.165) is 60.2 Å². The van der Waals surface area contributed by atoms with Crippen LogP contribution in [0.2, 0.25) is 0 Å². The molecule has 4 nitrogen and oxygen atoms in total. The van der Waals surface area contributed by atoms with Gasteiger partial charge in [-0.15, -0.1) is 0 Å². The molecule has 2 N–H and O–H groups in total. The zero-order valence-corrected chi connectivity index (χ0v) is 19.9. The fourth-order valence-electron chi connectivity index (χ4n) is 3.84. The number of phenols is 2. The van der Waals surface area contributed by atoms with E-state index in [0.29, 0.717) is 6.61 Å². The van der Waals surface area contributed by atoms with Crippen LogP contribution in [-0.2, 0) is 0 Å². The standard InChI is InChI=1S/C29H35NO3/c1-4-5-6-7-28(22-12-18-27(19-13-22)33-21-20-30(2)3)29(23-8-14-25(31)15-9-23)24-10-16-26(32)17-11-24/h8-19,31-32H,4-7,20-21H2,1-3H3. The molecule has 174 valence electrons. The summed E-state index contributed by atoms with van der Waals surface area (Å²) >= 11 is 0. The lowest BCUT2D eigenvalue weighted by Crippen LogP contribution is -2.19. The summed E-state index contributed by atoms with van der Waals surface area (Å²) in [5.41, 5.74) is 5.60. The van der Waals surface area contributed by atoms with Gasteiger partial charge in [0.2, 0.25) is 0 Å². The third-order valence-corrected chi connectivity index (χ3v) is 5.65. The van der Waals surface area contributed by atoms with Gasteiger partial charge in [0.15, 0.2) is 0 Å². The van der Waals surface area contributed by atoms with E-state index in [1.807, 2.05) is 50.5 Å². The Morgan fingerprint density at radius 3 is 1.73 bits per heavy atom. The van der Waals surface area contributed by atoms with Crippen LogP contribution >= 0.6 is 0 Å². The molecule has 33 heavy (non-hydrogen) atoms. The highest BCUT2D eigenvalue weighted by molar-refractivity contribution is 5.98. The number of phenolic OH excluding ortho intramolecular Hbond substituents is 2. The van der Waals surface area contributed by atoms with Crippen molar-refractivity contribution in [2.45, 2.75) is 32.6 Å². The molecule has 0 aliphatic carbocycles. The summed E-state index contributed by atoms with van der Waals surface area (Å²) < 4.78 is 5.89. The van der Waals surface area contributed by atoms with E-state index < -0.39 is 0 Å². The van der Waals surface area contributed by atoms with Crippen LogP contribution in [-0.4, -0.2) is 42.4 Å². The van der Waals surface area contributed by atoms with Crippen molar-refractivity contribution in [1.82, 2.24) is 4.90 Å². The van der Waals surface area contributed by atoms with Crippen LogP contribution in [0.5, 0.6) is 17.2 Å². The van der Waals surface area contributed by atoms with E-state index >= 15 is 0 Å². The Bertz CT molecular complexity index is 972. The van der Waals surface area contributed by atoms with Crippen LogP contribution in [0.25, 0.3) is 11.1 Å². The van der Waals surface area contributed by atoms with Gasteiger partial charge in [0, 0.05) is 6.54 Å². The van der Waals surface area contributed by atoms with Crippen molar-refractivity contribution in [1.29, 1.82) is 0 Å². The van der Waals surface area contributed by atoms with Crippen LogP contribution in [0.4, 0.5) is 0 Å². The molecule has 0 radical (unpaired) electrons. The second kappa shape index (κ2) is 12.1. The Labute approximate surface area is 197 Å². The van der Waals surface area contributed by atoms with Gasteiger partial charge in [0.1, 0.15) is 23.9 Å². The van der Waals surface area contributed by atoms with Crippen molar-refractivity contribution < 1.29 is 14.9 Å². The second-order valence-corrected chi connectivity index (χ2v) is 8.58. The van der Waals surface area contributed by atoms with Crippen LogP contribution < -0.4 is 4.74 Å². The lowest BCUT2D eigenvalue weighted by Gasteiger charge is -2.18. The Morgan fingerprint density at radius 1 is 0.727 bits per heavy atom. The summed E-state index contributed by atoms with van der Waals surface area (Å²) in [6.45, 7) is 3.73. The fourth-order valence-corrected chi connectivity index (χ4v) is 3.84. The topological polar surface area (TPSA) is 52.9 Å². The number of ether oxygens (including phenoxy) is 1. The average molecular weight is 446 g/mol. The third-order valence-electron chi connectivity index (χ3n) is 5.65. The minimum Gasteiger partial charge on any atom is -0.508 e. The monoisotopic (exact) mass is 445 g/mol. The van der Waals surface area contributed by atoms with Gasteiger partial charge >= 0.3 is 0 Å². The summed E-state index contributed by atoms with van der Waals surface area (Å²) in [5, 5.41) is 19.7. The number of hydrogen-bond donors (Lipinski definition) is 2. The first-order chi connectivity index (χ1) is 16.0. The first kappa shape index (κ1) is 24.4. The smallest absolute Gasteiger partial charge is 0.119 e. The van der Waals surface area contributed by atoms with E-state index in [1.165, 1.54) is 5.57 Å². The van der Waals surface area contributed by atoms with Crippen molar-refractivity contribution in [3.8, 4) is 17.2 Å². The number of likely N-dealkylation sites (N-methyl/N-ethyl adjacent to an activating group) is 1. The first-order valence-electron chi connectivity index (χ1n) is 11.7. The molecule has 0 bridgehead atoms. The summed E-state index contributed by atoms with van der Waals surface area (Å²) in [7, 11) is 4.07. The van der Waals surface area contributed by atoms with Crippen LogP contribution in [0, 0.1) is 0 Å². The molecule has 0 aromatic heterocycles. The van der Waals surface area contributed by atoms with Gasteiger partial charge in [-0.1, -0.05) is 56.2 Å². The molecule has 0 aliphatic heterocycles. The second-order valence-electron chi connectivity index (χ2n) is 8.58. The minimum absolute atomic E-state index is 0.246. The first-order valence-corrected chi connectivity index (χ1v) is 11.7. The number of nitrogens with zero attached hydrogens (tertiary/aromatic N) is 1. The van der Waals surface area contributed by atoms with E-state index in [4.69, 9.17) is 4.74 Å². The lowest BCUT2D eigenvalue weighted by molar-refractivity contribution is 0.261. The highest BCUT2D eigenvalue weighted by atomic mass is 16.5. The van der Waals surface area contributed by atoms with E-state index in [-0.39, 0.29) is 11.5 Å². The maximum absolute atomic E-state index is 9.84. The number of aromatic hydroxyl groups is 2. The van der Waals surface area contributed by atoms with E-state index in [2.05, 4.69) is 24.0 Å². The van der Waals surface area contributed by atoms with Crippen molar-refractivity contribution >= 4 is 11.1 Å². The molecular weight excluding hydrogens is 410 g/mol. The number of allylic oxidation sites excluding steroid dienone is 1. The molecule has 0 unspecified atom stereocenters. The van der Waals surface area contributed by atoms with Gasteiger partial charge in [-0.2, -0.15) is 0 Å². The summed E-state index contributed by atoms with van der Waals surface area (Å²) in [4.78, 5) is 2.10. The van der Waals surface area contributed by atoms with Crippen molar-refractivity contribution in [3.63, 3.8) is 0 Å². The predicted octanol–water partition coefficient (Wildman–Crippen LogP) is 6.58. The molecule has 0 fully saturated rings. The molecule has 3 rings (SSSR count). The molecule has 3 aromatic carbocycles. The van der Waals surface area contributed by atoms with E-state index in [1.54, 1.807) is 24.3 Å². The fraction of sp³-hybridized carbons (Fsp3) is 0.310. The van der Waals surface area contributed by atoms with Gasteiger partial charge < -0.3 is 19.8 Å². The van der Waals surface area contributed by atoms with Crippen molar-refractivity contribution in [2.75, 3.05) is 27.2 Å². The van der Waals surface area contributed by atoms with Crippen molar-refractivity contribution in [3.05, 3.63) is 89.5 Å². The average Bonchev–Trinajstić information content (AvgIpc) is 2.81. The number of rotatable bonds is 11. The number of hydrogen-bond acceptors (Lipinski definition) is 4. The molecular formula is C29H35NO3. The third kappa shape index (κ3) is 7.13. The Morgan fingerprint density at radius 2 is 1.24 bits per heavy atom. The molecule has 0 saturated heterocycles. The maximum Gasteiger partial charge on any atom is 0.119 e. The molecule has 0 atom stereocenters. The predicted molar refractivity (Wildman–Crippen MR) is 137 cm³/mol.